The fourth-order valence-electron chi connectivity index (χ4n) is 2.51. The Bertz CT molecular complexity index is 587. The van der Waals surface area contributed by atoms with Crippen molar-refractivity contribution in [3.8, 4) is 17.0 Å². The first kappa shape index (κ1) is 10.4. The lowest BCUT2D eigenvalue weighted by Gasteiger charge is -2.15. The third-order valence-corrected chi connectivity index (χ3v) is 3.45. The number of aromatic hydroxyl groups is 1. The van der Waals surface area contributed by atoms with Gasteiger partial charge in [0.15, 0.2) is 0 Å². The number of aromatic nitrogens is 2. The largest absolute Gasteiger partial charge is 0.508 e. The summed E-state index contributed by atoms with van der Waals surface area (Å²) >= 11 is 0. The van der Waals surface area contributed by atoms with Gasteiger partial charge >= 0.3 is 0 Å². The first-order valence-corrected chi connectivity index (χ1v) is 5.70. The third-order valence-electron chi connectivity index (χ3n) is 3.45. The van der Waals surface area contributed by atoms with Gasteiger partial charge in [-0.3, -0.25) is 0 Å². The van der Waals surface area contributed by atoms with Gasteiger partial charge in [0.05, 0.1) is 5.69 Å². The molecule has 0 radical (unpaired) electrons. The van der Waals surface area contributed by atoms with Crippen LogP contribution in [-0.2, 0) is 19.6 Å². The number of aryl methyl sites for hydroxylation is 1. The predicted octanol–water partition coefficient (Wildman–Crippen LogP) is 1.61. The summed E-state index contributed by atoms with van der Waals surface area (Å²) < 4.78 is 1.62. The van der Waals surface area contributed by atoms with Gasteiger partial charge in [-0.05, 0) is 43.5 Å². The Morgan fingerprint density at radius 1 is 1.35 bits per heavy atom. The molecule has 0 saturated heterocycles. The van der Waals surface area contributed by atoms with Crippen molar-refractivity contribution in [3.05, 3.63) is 35.0 Å². The third kappa shape index (κ3) is 1.45. The molecule has 1 aromatic carbocycles. The van der Waals surface area contributed by atoms with Crippen molar-refractivity contribution in [1.82, 2.24) is 9.78 Å². The molecule has 1 aliphatic rings. The van der Waals surface area contributed by atoms with E-state index >= 15 is 0 Å². The van der Waals surface area contributed by atoms with Crippen LogP contribution in [-0.4, -0.2) is 20.0 Å². The second-order valence-corrected chi connectivity index (χ2v) is 4.39. The molecule has 0 atom stereocenters. The van der Waals surface area contributed by atoms with E-state index in [9.17, 15) is 10.2 Å². The smallest absolute Gasteiger partial charge is 0.136 e. The number of phenols is 1. The molecule has 1 heterocycles. The van der Waals surface area contributed by atoms with Crippen LogP contribution in [0.2, 0.25) is 0 Å². The molecule has 0 unspecified atom stereocenters. The van der Waals surface area contributed by atoms with Crippen LogP contribution in [0.15, 0.2) is 18.2 Å². The van der Waals surface area contributed by atoms with Gasteiger partial charge in [0, 0.05) is 16.8 Å². The van der Waals surface area contributed by atoms with Crippen LogP contribution in [0, 0.1) is 6.92 Å². The van der Waals surface area contributed by atoms with Crippen LogP contribution in [0.4, 0.5) is 0 Å². The minimum Gasteiger partial charge on any atom is -0.508 e. The second kappa shape index (κ2) is 3.60. The van der Waals surface area contributed by atoms with Gasteiger partial charge in [-0.2, -0.15) is 5.10 Å². The Morgan fingerprint density at radius 3 is 2.94 bits per heavy atom. The Labute approximate surface area is 99.1 Å². The number of rotatable bonds is 1. The van der Waals surface area contributed by atoms with E-state index in [1.807, 2.05) is 13.0 Å². The molecule has 0 aliphatic heterocycles. The van der Waals surface area contributed by atoms with Crippen LogP contribution in [0.1, 0.15) is 16.8 Å². The van der Waals surface area contributed by atoms with Gasteiger partial charge in [0.25, 0.3) is 0 Å². The van der Waals surface area contributed by atoms with Crippen LogP contribution in [0.3, 0.4) is 0 Å². The molecule has 1 aliphatic carbocycles. The number of hydrogen-bond donors (Lipinski definition) is 2. The van der Waals surface area contributed by atoms with Gasteiger partial charge in [-0.15, -0.1) is 0 Å². The molecule has 4 nitrogen and oxygen atoms in total. The van der Waals surface area contributed by atoms with E-state index in [0.29, 0.717) is 5.75 Å². The standard InChI is InChI=1S/C13H14N2O2/c1-8-11-4-2-9-6-10(17)3-5-12(9)13(11)14-15(8)7-16/h3,5-6,16-17H,2,4,7H2,1H3. The zero-order valence-corrected chi connectivity index (χ0v) is 9.64. The molecule has 88 valence electrons. The lowest BCUT2D eigenvalue weighted by molar-refractivity contribution is 0.193. The van der Waals surface area contributed by atoms with Gasteiger partial charge < -0.3 is 10.2 Å². The fraction of sp³-hybridized carbons (Fsp3) is 0.308. The molecule has 3 rings (SSSR count). The highest BCUT2D eigenvalue weighted by Crippen LogP contribution is 2.35. The molecule has 1 aromatic heterocycles. The second-order valence-electron chi connectivity index (χ2n) is 4.39. The molecular formula is C13H14N2O2. The van der Waals surface area contributed by atoms with Crippen LogP contribution in [0.5, 0.6) is 5.75 Å². The Hall–Kier alpha value is -1.81. The highest BCUT2D eigenvalue weighted by molar-refractivity contribution is 5.71. The van der Waals surface area contributed by atoms with Crippen molar-refractivity contribution >= 4 is 0 Å². The van der Waals surface area contributed by atoms with E-state index in [1.54, 1.807) is 16.8 Å². The van der Waals surface area contributed by atoms with E-state index in [0.717, 1.165) is 35.4 Å². The molecule has 0 fully saturated rings. The lowest BCUT2D eigenvalue weighted by atomic mass is 9.89. The maximum absolute atomic E-state index is 9.48. The highest BCUT2D eigenvalue weighted by atomic mass is 16.3. The summed E-state index contributed by atoms with van der Waals surface area (Å²) in [5.74, 6) is 0.297. The van der Waals surface area contributed by atoms with Crippen molar-refractivity contribution in [1.29, 1.82) is 0 Å². The Kier molecular flexibility index (Phi) is 2.19. The zero-order valence-electron chi connectivity index (χ0n) is 9.64. The number of aliphatic hydroxyl groups excluding tert-OH is 1. The van der Waals surface area contributed by atoms with E-state index in [2.05, 4.69) is 5.10 Å². The van der Waals surface area contributed by atoms with Crippen molar-refractivity contribution in [3.63, 3.8) is 0 Å². The predicted molar refractivity (Wildman–Crippen MR) is 63.7 cm³/mol. The molecule has 2 N–H and O–H groups in total. The summed E-state index contributed by atoms with van der Waals surface area (Å²) in [5, 5.41) is 23.1. The molecule has 4 heteroatoms. The Balaban J connectivity index is 2.23. The first-order chi connectivity index (χ1) is 8.20. The van der Waals surface area contributed by atoms with Crippen LogP contribution < -0.4 is 0 Å². The van der Waals surface area contributed by atoms with E-state index in [1.165, 1.54) is 5.56 Å². The number of fused-ring (bicyclic) bond motifs is 3. The van der Waals surface area contributed by atoms with E-state index in [4.69, 9.17) is 0 Å². The van der Waals surface area contributed by atoms with Gasteiger partial charge in [0.1, 0.15) is 12.5 Å². The first-order valence-electron chi connectivity index (χ1n) is 5.70. The zero-order chi connectivity index (χ0) is 12.0. The average Bonchev–Trinajstić information content (AvgIpc) is 2.66. The molecule has 0 bridgehead atoms. The number of nitrogens with zero attached hydrogens (tertiary/aromatic N) is 2. The van der Waals surface area contributed by atoms with Crippen LogP contribution >= 0.6 is 0 Å². The average molecular weight is 230 g/mol. The number of hydrogen-bond acceptors (Lipinski definition) is 3. The van der Waals surface area contributed by atoms with Gasteiger partial charge in [-0.25, -0.2) is 4.68 Å². The van der Waals surface area contributed by atoms with Gasteiger partial charge in [0.2, 0.25) is 0 Å². The minimum atomic E-state index is -0.0910. The highest BCUT2D eigenvalue weighted by Gasteiger charge is 2.22. The molecule has 17 heavy (non-hydrogen) atoms. The topological polar surface area (TPSA) is 58.3 Å². The molecule has 0 spiro atoms. The van der Waals surface area contributed by atoms with Crippen molar-refractivity contribution in [2.24, 2.45) is 0 Å². The number of benzene rings is 1. The molecule has 0 amide bonds. The minimum absolute atomic E-state index is 0.0910. The molecule has 2 aromatic rings. The summed E-state index contributed by atoms with van der Waals surface area (Å²) in [5.41, 5.74) is 5.37. The molecular weight excluding hydrogens is 216 g/mol. The summed E-state index contributed by atoms with van der Waals surface area (Å²) in [7, 11) is 0. The normalized spacial score (nSPS) is 13.3. The summed E-state index contributed by atoms with van der Waals surface area (Å²) in [4.78, 5) is 0. The Morgan fingerprint density at radius 2 is 2.18 bits per heavy atom. The lowest BCUT2D eigenvalue weighted by Crippen LogP contribution is -2.03. The van der Waals surface area contributed by atoms with E-state index < -0.39 is 0 Å². The van der Waals surface area contributed by atoms with Gasteiger partial charge in [-0.1, -0.05) is 0 Å². The fourth-order valence-corrected chi connectivity index (χ4v) is 2.51. The number of phenolic OH excluding ortho intramolecular Hbond substituents is 1. The quantitative estimate of drug-likeness (QED) is 0.782. The van der Waals surface area contributed by atoms with Crippen molar-refractivity contribution in [2.45, 2.75) is 26.5 Å². The van der Waals surface area contributed by atoms with Crippen molar-refractivity contribution in [2.75, 3.05) is 0 Å². The molecule has 0 saturated carbocycles. The number of aliphatic hydroxyl groups is 1. The van der Waals surface area contributed by atoms with Crippen molar-refractivity contribution < 1.29 is 10.2 Å². The SMILES string of the molecule is Cc1c2c(nn1CO)-c1ccc(O)cc1CC2. The van der Waals surface area contributed by atoms with Crippen LogP contribution in [0.25, 0.3) is 11.3 Å². The summed E-state index contributed by atoms with van der Waals surface area (Å²) in [6.07, 6.45) is 1.83. The maximum atomic E-state index is 9.48. The monoisotopic (exact) mass is 230 g/mol. The van der Waals surface area contributed by atoms with E-state index in [-0.39, 0.29) is 6.73 Å². The summed E-state index contributed by atoms with van der Waals surface area (Å²) in [6, 6.07) is 5.38. The summed E-state index contributed by atoms with van der Waals surface area (Å²) in [6.45, 7) is 1.89. The maximum Gasteiger partial charge on any atom is 0.136 e.